The SMILES string of the molecule is COc1cc(C(=O)NNC(=O)c2ccc(Br)s2)cc(Cl)c1OC. The zero-order valence-electron chi connectivity index (χ0n) is 12.1. The Morgan fingerprint density at radius 1 is 1.13 bits per heavy atom. The summed E-state index contributed by atoms with van der Waals surface area (Å²) in [6, 6.07) is 6.28. The highest BCUT2D eigenvalue weighted by Gasteiger charge is 2.16. The molecule has 0 radical (unpaired) electrons. The van der Waals surface area contributed by atoms with E-state index in [2.05, 4.69) is 26.8 Å². The van der Waals surface area contributed by atoms with Crippen LogP contribution in [0.5, 0.6) is 11.5 Å². The van der Waals surface area contributed by atoms with Gasteiger partial charge in [0, 0.05) is 5.56 Å². The van der Waals surface area contributed by atoms with Crippen molar-refractivity contribution in [2.24, 2.45) is 0 Å². The quantitative estimate of drug-likeness (QED) is 0.746. The molecule has 0 saturated heterocycles. The molecule has 2 N–H and O–H groups in total. The number of halogens is 2. The van der Waals surface area contributed by atoms with Crippen molar-refractivity contribution in [1.29, 1.82) is 0 Å². The van der Waals surface area contributed by atoms with Crippen LogP contribution in [0.2, 0.25) is 5.02 Å². The van der Waals surface area contributed by atoms with Crippen molar-refractivity contribution in [3.05, 3.63) is 43.5 Å². The van der Waals surface area contributed by atoms with Gasteiger partial charge in [-0.1, -0.05) is 11.6 Å². The largest absolute Gasteiger partial charge is 0.493 e. The van der Waals surface area contributed by atoms with Gasteiger partial charge < -0.3 is 9.47 Å². The third kappa shape index (κ3) is 4.15. The van der Waals surface area contributed by atoms with E-state index in [0.29, 0.717) is 16.4 Å². The van der Waals surface area contributed by atoms with Gasteiger partial charge in [-0.15, -0.1) is 11.3 Å². The zero-order chi connectivity index (χ0) is 17.0. The summed E-state index contributed by atoms with van der Waals surface area (Å²) in [5, 5.41) is 0.227. The van der Waals surface area contributed by atoms with Crippen molar-refractivity contribution in [1.82, 2.24) is 10.9 Å². The van der Waals surface area contributed by atoms with Crippen LogP contribution in [0, 0.1) is 0 Å². The van der Waals surface area contributed by atoms with E-state index in [1.54, 1.807) is 12.1 Å². The second-order valence-electron chi connectivity index (χ2n) is 4.21. The Morgan fingerprint density at radius 3 is 2.39 bits per heavy atom. The number of carbonyl (C=O) groups excluding carboxylic acids is 2. The summed E-state index contributed by atoms with van der Waals surface area (Å²) in [6.07, 6.45) is 0. The number of methoxy groups -OCH3 is 2. The van der Waals surface area contributed by atoms with Crippen molar-refractivity contribution in [2.45, 2.75) is 0 Å². The number of hydrogen-bond acceptors (Lipinski definition) is 5. The first-order valence-corrected chi connectivity index (χ1v) is 8.22. The minimum Gasteiger partial charge on any atom is -0.493 e. The molecular formula is C14H12BrClN2O4S. The molecule has 0 aliphatic rings. The maximum absolute atomic E-state index is 12.1. The lowest BCUT2D eigenvalue weighted by Crippen LogP contribution is -2.41. The molecule has 0 aliphatic carbocycles. The molecule has 122 valence electrons. The molecule has 2 amide bonds. The van der Waals surface area contributed by atoms with Gasteiger partial charge in [0.15, 0.2) is 11.5 Å². The average molecular weight is 420 g/mol. The molecule has 0 spiro atoms. The Labute approximate surface area is 149 Å². The number of benzene rings is 1. The standard InChI is InChI=1S/C14H12BrClN2O4S/c1-21-9-6-7(5-8(16)12(9)22-2)13(19)17-18-14(20)10-3-4-11(15)23-10/h3-6H,1-2H3,(H,17,19)(H,18,20). The molecule has 23 heavy (non-hydrogen) atoms. The second-order valence-corrected chi connectivity index (χ2v) is 7.08. The molecule has 1 aromatic heterocycles. The van der Waals surface area contributed by atoms with Crippen LogP contribution in [0.4, 0.5) is 0 Å². The van der Waals surface area contributed by atoms with Crippen LogP contribution in [0.3, 0.4) is 0 Å². The molecule has 0 bridgehead atoms. The van der Waals surface area contributed by atoms with Gasteiger partial charge in [-0.25, -0.2) is 0 Å². The summed E-state index contributed by atoms with van der Waals surface area (Å²) in [5.74, 6) is -0.297. The number of carbonyl (C=O) groups is 2. The summed E-state index contributed by atoms with van der Waals surface area (Å²) in [4.78, 5) is 24.5. The van der Waals surface area contributed by atoms with Crippen molar-refractivity contribution in [3.63, 3.8) is 0 Å². The number of amides is 2. The monoisotopic (exact) mass is 418 g/mol. The Hall–Kier alpha value is -1.77. The van der Waals surface area contributed by atoms with E-state index < -0.39 is 11.8 Å². The summed E-state index contributed by atoms with van der Waals surface area (Å²) in [5.41, 5.74) is 4.87. The maximum Gasteiger partial charge on any atom is 0.279 e. The van der Waals surface area contributed by atoms with Gasteiger partial charge in [-0.05, 0) is 40.2 Å². The Bertz CT molecular complexity index is 750. The molecule has 2 aromatic rings. The summed E-state index contributed by atoms with van der Waals surface area (Å²) in [7, 11) is 2.88. The van der Waals surface area contributed by atoms with E-state index in [9.17, 15) is 9.59 Å². The first kappa shape index (κ1) is 17.6. The predicted molar refractivity (Wildman–Crippen MR) is 91.5 cm³/mol. The van der Waals surface area contributed by atoms with Crippen LogP contribution in [0.25, 0.3) is 0 Å². The average Bonchev–Trinajstić information content (AvgIpc) is 2.97. The van der Waals surface area contributed by atoms with Gasteiger partial charge in [-0.3, -0.25) is 20.4 Å². The van der Waals surface area contributed by atoms with Crippen LogP contribution in [0.15, 0.2) is 28.1 Å². The lowest BCUT2D eigenvalue weighted by atomic mass is 10.2. The van der Waals surface area contributed by atoms with Gasteiger partial charge in [-0.2, -0.15) is 0 Å². The van der Waals surface area contributed by atoms with E-state index in [4.69, 9.17) is 21.1 Å². The molecule has 0 saturated carbocycles. The van der Waals surface area contributed by atoms with Crippen molar-refractivity contribution < 1.29 is 19.1 Å². The summed E-state index contributed by atoms with van der Waals surface area (Å²) >= 11 is 10.6. The highest BCUT2D eigenvalue weighted by Crippen LogP contribution is 2.35. The minimum atomic E-state index is -0.531. The second kappa shape index (κ2) is 7.67. The topological polar surface area (TPSA) is 76.7 Å². The molecule has 2 rings (SSSR count). The van der Waals surface area contributed by atoms with Crippen LogP contribution in [-0.2, 0) is 0 Å². The van der Waals surface area contributed by atoms with E-state index in [1.165, 1.54) is 37.7 Å². The van der Waals surface area contributed by atoms with Crippen LogP contribution in [0.1, 0.15) is 20.0 Å². The normalized spacial score (nSPS) is 10.1. The number of thiophene rings is 1. The third-order valence-electron chi connectivity index (χ3n) is 2.78. The van der Waals surface area contributed by atoms with Crippen LogP contribution >= 0.6 is 38.9 Å². The lowest BCUT2D eigenvalue weighted by molar-refractivity contribution is 0.0848. The Balaban J connectivity index is 2.09. The number of hydrogen-bond donors (Lipinski definition) is 2. The molecule has 1 aromatic carbocycles. The van der Waals surface area contributed by atoms with Crippen molar-refractivity contribution in [3.8, 4) is 11.5 Å². The van der Waals surface area contributed by atoms with Gasteiger partial charge in [0.05, 0.1) is 27.9 Å². The summed E-state index contributed by atoms with van der Waals surface area (Å²) in [6.45, 7) is 0. The Morgan fingerprint density at radius 2 is 1.83 bits per heavy atom. The molecule has 9 heteroatoms. The molecule has 0 aliphatic heterocycles. The first-order valence-electron chi connectivity index (χ1n) is 6.23. The molecule has 0 unspecified atom stereocenters. The maximum atomic E-state index is 12.1. The van der Waals surface area contributed by atoms with Gasteiger partial charge >= 0.3 is 0 Å². The smallest absolute Gasteiger partial charge is 0.279 e. The zero-order valence-corrected chi connectivity index (χ0v) is 15.3. The van der Waals surface area contributed by atoms with E-state index in [1.807, 2.05) is 0 Å². The summed E-state index contributed by atoms with van der Waals surface area (Å²) < 4.78 is 11.0. The molecular weight excluding hydrogens is 408 g/mol. The molecule has 0 fully saturated rings. The number of nitrogens with one attached hydrogen (secondary N) is 2. The number of ether oxygens (including phenoxy) is 2. The van der Waals surface area contributed by atoms with Crippen molar-refractivity contribution >= 4 is 50.7 Å². The highest BCUT2D eigenvalue weighted by molar-refractivity contribution is 9.11. The fourth-order valence-corrected chi connectivity index (χ4v) is 3.30. The minimum absolute atomic E-state index is 0.223. The number of rotatable bonds is 4. The molecule has 1 heterocycles. The first-order chi connectivity index (χ1) is 11.0. The van der Waals surface area contributed by atoms with Crippen LogP contribution in [-0.4, -0.2) is 26.0 Å². The van der Waals surface area contributed by atoms with E-state index >= 15 is 0 Å². The van der Waals surface area contributed by atoms with Gasteiger partial charge in [0.1, 0.15) is 0 Å². The van der Waals surface area contributed by atoms with E-state index in [0.717, 1.165) is 3.79 Å². The molecule has 0 atom stereocenters. The fourth-order valence-electron chi connectivity index (χ4n) is 1.73. The third-order valence-corrected chi connectivity index (χ3v) is 4.69. The van der Waals surface area contributed by atoms with Gasteiger partial charge in [0.25, 0.3) is 11.8 Å². The van der Waals surface area contributed by atoms with Crippen molar-refractivity contribution in [2.75, 3.05) is 14.2 Å². The van der Waals surface area contributed by atoms with Gasteiger partial charge in [0.2, 0.25) is 0 Å². The lowest BCUT2D eigenvalue weighted by Gasteiger charge is -2.12. The predicted octanol–water partition coefficient (Wildman–Crippen LogP) is 3.26. The highest BCUT2D eigenvalue weighted by atomic mass is 79.9. The Kier molecular flexibility index (Phi) is 5.86. The number of hydrazine groups is 1. The molecule has 6 nitrogen and oxygen atoms in total. The van der Waals surface area contributed by atoms with E-state index in [-0.39, 0.29) is 10.6 Å². The fraction of sp³-hybridized carbons (Fsp3) is 0.143. The van der Waals surface area contributed by atoms with Crippen LogP contribution < -0.4 is 20.3 Å².